The van der Waals surface area contributed by atoms with Crippen LogP contribution in [0.3, 0.4) is 0 Å². The van der Waals surface area contributed by atoms with Crippen LogP contribution in [0.2, 0.25) is 5.02 Å². The highest BCUT2D eigenvalue weighted by Gasteiger charge is 2.20. The van der Waals surface area contributed by atoms with Crippen LogP contribution in [-0.2, 0) is 0 Å². The van der Waals surface area contributed by atoms with E-state index in [0.29, 0.717) is 0 Å². The molecule has 1 aliphatic heterocycles. The van der Waals surface area contributed by atoms with E-state index in [1.54, 1.807) is 0 Å². The summed E-state index contributed by atoms with van der Waals surface area (Å²) in [7, 11) is 0. The number of anilines is 1. The summed E-state index contributed by atoms with van der Waals surface area (Å²) in [5.74, 6) is 0. The molecule has 2 aromatic carbocycles. The third-order valence-corrected chi connectivity index (χ3v) is 3.53. The second-order valence-corrected chi connectivity index (χ2v) is 5.16. The van der Waals surface area contributed by atoms with E-state index in [4.69, 9.17) is 11.6 Å². The van der Waals surface area contributed by atoms with Gasteiger partial charge in [-0.2, -0.15) is 0 Å². The van der Waals surface area contributed by atoms with Gasteiger partial charge in [-0.25, -0.2) is 0 Å². The lowest BCUT2D eigenvalue weighted by Crippen LogP contribution is -2.29. The van der Waals surface area contributed by atoms with Gasteiger partial charge >= 0.3 is 0 Å². The highest BCUT2D eigenvalue weighted by atomic mass is 35.5. The van der Waals surface area contributed by atoms with Gasteiger partial charge in [-0.15, -0.1) is 0 Å². The van der Waals surface area contributed by atoms with Crippen molar-refractivity contribution in [2.75, 3.05) is 12.1 Å². The molecular weight excluding hydrogens is 270 g/mol. The Morgan fingerprint density at radius 1 is 1.05 bits per heavy atom. The molecule has 0 saturated carbocycles. The molecule has 2 N–H and O–H groups in total. The van der Waals surface area contributed by atoms with E-state index in [2.05, 4.69) is 46.9 Å². The van der Waals surface area contributed by atoms with Crippen molar-refractivity contribution < 1.29 is 0 Å². The van der Waals surface area contributed by atoms with E-state index in [-0.39, 0.29) is 0 Å². The van der Waals surface area contributed by atoms with Crippen LogP contribution in [0.4, 0.5) is 5.69 Å². The van der Waals surface area contributed by atoms with Gasteiger partial charge in [-0.3, -0.25) is 10.4 Å². The Balaban J connectivity index is 1.85. The van der Waals surface area contributed by atoms with E-state index in [1.807, 2.05) is 30.3 Å². The van der Waals surface area contributed by atoms with Crippen molar-refractivity contribution in [1.82, 2.24) is 10.3 Å². The van der Waals surface area contributed by atoms with E-state index in [1.165, 1.54) is 11.3 Å². The molecule has 3 nitrogen and oxygen atoms in total. The molecule has 0 saturated heterocycles. The molecule has 0 bridgehead atoms. The molecule has 0 radical (unpaired) electrons. The molecule has 0 spiro atoms. The molecule has 20 heavy (non-hydrogen) atoms. The van der Waals surface area contributed by atoms with Crippen molar-refractivity contribution in [2.45, 2.75) is 6.92 Å². The number of nitrogens with zero attached hydrogens (tertiary/aromatic N) is 1. The number of hydrogen-bond acceptors (Lipinski definition) is 3. The lowest BCUT2D eigenvalue weighted by Gasteiger charge is -2.23. The molecule has 0 aromatic heterocycles. The van der Waals surface area contributed by atoms with Gasteiger partial charge in [0.25, 0.3) is 0 Å². The first-order valence-corrected chi connectivity index (χ1v) is 6.92. The zero-order valence-corrected chi connectivity index (χ0v) is 12.0. The van der Waals surface area contributed by atoms with E-state index in [0.717, 1.165) is 23.1 Å². The molecule has 0 fully saturated rings. The van der Waals surface area contributed by atoms with E-state index in [9.17, 15) is 0 Å². The Hall–Kier alpha value is -2.13. The zero-order chi connectivity index (χ0) is 13.9. The van der Waals surface area contributed by atoms with Crippen LogP contribution in [0, 0.1) is 0 Å². The fourth-order valence-electron chi connectivity index (χ4n) is 2.31. The van der Waals surface area contributed by atoms with Gasteiger partial charge in [0.15, 0.2) is 0 Å². The van der Waals surface area contributed by atoms with Gasteiger partial charge in [0.2, 0.25) is 0 Å². The average Bonchev–Trinajstić information content (AvgIpc) is 2.83. The highest BCUT2D eigenvalue weighted by molar-refractivity contribution is 6.30. The maximum Gasteiger partial charge on any atom is 0.108 e. The minimum atomic E-state index is 0.735. The molecule has 2 aromatic rings. The van der Waals surface area contributed by atoms with Crippen LogP contribution in [0.15, 0.2) is 60.3 Å². The molecule has 102 valence electrons. The molecule has 1 heterocycles. The number of benzene rings is 2. The third-order valence-electron chi connectivity index (χ3n) is 3.28. The first-order valence-electron chi connectivity index (χ1n) is 6.54. The van der Waals surface area contributed by atoms with Gasteiger partial charge in [-0.1, -0.05) is 41.9 Å². The minimum Gasteiger partial charge on any atom is -0.368 e. The maximum absolute atomic E-state index is 5.91. The van der Waals surface area contributed by atoms with Crippen LogP contribution in [0.25, 0.3) is 5.70 Å². The second kappa shape index (κ2) is 5.47. The topological polar surface area (TPSA) is 27.3 Å². The summed E-state index contributed by atoms with van der Waals surface area (Å²) in [6.07, 6.45) is 0. The average molecular weight is 286 g/mol. The fraction of sp³-hybridized carbons (Fsp3) is 0.125. The normalized spacial score (nSPS) is 14.4. The van der Waals surface area contributed by atoms with Crippen LogP contribution in [0.1, 0.15) is 12.5 Å². The van der Waals surface area contributed by atoms with Gasteiger partial charge in [0.05, 0.1) is 11.4 Å². The Morgan fingerprint density at radius 3 is 2.45 bits per heavy atom. The van der Waals surface area contributed by atoms with E-state index < -0.39 is 0 Å². The van der Waals surface area contributed by atoms with Crippen LogP contribution in [-0.4, -0.2) is 11.7 Å². The van der Waals surface area contributed by atoms with Crippen molar-refractivity contribution in [1.29, 1.82) is 0 Å². The lowest BCUT2D eigenvalue weighted by atomic mass is 10.1. The van der Waals surface area contributed by atoms with E-state index >= 15 is 0 Å². The van der Waals surface area contributed by atoms with Gasteiger partial charge in [0, 0.05) is 16.3 Å². The summed E-state index contributed by atoms with van der Waals surface area (Å²) in [5, 5.41) is 6.21. The first-order chi connectivity index (χ1) is 9.74. The van der Waals surface area contributed by atoms with Gasteiger partial charge in [0.1, 0.15) is 6.67 Å². The highest BCUT2D eigenvalue weighted by Crippen LogP contribution is 2.26. The Bertz CT molecular complexity index is 620. The zero-order valence-electron chi connectivity index (χ0n) is 11.2. The largest absolute Gasteiger partial charge is 0.368 e. The fourth-order valence-corrected chi connectivity index (χ4v) is 2.43. The maximum atomic E-state index is 5.91. The van der Waals surface area contributed by atoms with Crippen molar-refractivity contribution in [3.05, 3.63) is 70.9 Å². The van der Waals surface area contributed by atoms with Crippen molar-refractivity contribution >= 4 is 23.0 Å². The van der Waals surface area contributed by atoms with Crippen molar-refractivity contribution in [3.8, 4) is 0 Å². The number of allylic oxidation sites excluding steroid dienone is 1. The Morgan fingerprint density at radius 2 is 1.75 bits per heavy atom. The lowest BCUT2D eigenvalue weighted by molar-refractivity contribution is 0.483. The number of hydrazine groups is 1. The Labute approximate surface area is 123 Å². The van der Waals surface area contributed by atoms with Crippen LogP contribution >= 0.6 is 11.6 Å². The van der Waals surface area contributed by atoms with Gasteiger partial charge in [-0.05, 0) is 31.2 Å². The Kier molecular flexibility index (Phi) is 3.52. The minimum absolute atomic E-state index is 0.735. The van der Waals surface area contributed by atoms with Gasteiger partial charge < -0.3 is 5.32 Å². The molecule has 0 aliphatic carbocycles. The summed E-state index contributed by atoms with van der Waals surface area (Å²) >= 11 is 5.91. The quantitative estimate of drug-likeness (QED) is 0.895. The molecule has 0 atom stereocenters. The number of rotatable bonds is 3. The second-order valence-electron chi connectivity index (χ2n) is 4.72. The number of halogens is 1. The van der Waals surface area contributed by atoms with Crippen molar-refractivity contribution in [3.63, 3.8) is 0 Å². The molecule has 4 heteroatoms. The third kappa shape index (κ3) is 2.58. The first kappa shape index (κ1) is 12.9. The summed E-state index contributed by atoms with van der Waals surface area (Å²) in [4.78, 5) is 0. The number of hydrogen-bond donors (Lipinski definition) is 2. The van der Waals surface area contributed by atoms with Crippen LogP contribution < -0.4 is 10.7 Å². The molecule has 0 amide bonds. The molecule has 3 rings (SSSR count). The SMILES string of the molecule is CC1=C(c2ccccc2)N(Nc2ccc(Cl)cc2)CN1. The predicted octanol–water partition coefficient (Wildman–Crippen LogP) is 3.92. The summed E-state index contributed by atoms with van der Waals surface area (Å²) < 4.78 is 0. The summed E-state index contributed by atoms with van der Waals surface area (Å²) in [5.41, 5.74) is 7.94. The van der Waals surface area contributed by atoms with Crippen LogP contribution in [0.5, 0.6) is 0 Å². The molecule has 0 unspecified atom stereocenters. The smallest absolute Gasteiger partial charge is 0.108 e. The number of nitrogens with one attached hydrogen (secondary N) is 2. The standard InChI is InChI=1S/C16H16ClN3/c1-12-16(13-5-3-2-4-6-13)20(11-18-12)19-15-9-7-14(17)8-10-15/h2-10,18-19H,11H2,1H3. The van der Waals surface area contributed by atoms with Crippen molar-refractivity contribution in [2.24, 2.45) is 0 Å². The molecular formula is C16H16ClN3. The molecule has 1 aliphatic rings. The predicted molar refractivity (Wildman–Crippen MR) is 84.0 cm³/mol. The monoisotopic (exact) mass is 285 g/mol. The summed E-state index contributed by atoms with van der Waals surface area (Å²) in [6.45, 7) is 2.82. The summed E-state index contributed by atoms with van der Waals surface area (Å²) in [6, 6.07) is 18.1.